The van der Waals surface area contributed by atoms with Crippen LogP contribution in [0, 0.1) is 6.92 Å². The number of imidazole rings is 1. The van der Waals surface area contributed by atoms with Crippen LogP contribution < -0.4 is 5.32 Å². The third-order valence-electron chi connectivity index (χ3n) is 6.89. The minimum atomic E-state index is -4.52. The van der Waals surface area contributed by atoms with Gasteiger partial charge in [-0.3, -0.25) is 9.69 Å². The van der Waals surface area contributed by atoms with Crippen molar-refractivity contribution < 1.29 is 18.0 Å². The molecule has 1 fully saturated rings. The first kappa shape index (κ1) is 25.0. The van der Waals surface area contributed by atoms with Crippen LogP contribution in [-0.4, -0.2) is 58.9 Å². The van der Waals surface area contributed by atoms with Crippen LogP contribution in [0.15, 0.2) is 60.9 Å². The highest BCUT2D eigenvalue weighted by atomic mass is 19.4. The quantitative estimate of drug-likeness (QED) is 0.372. The van der Waals surface area contributed by atoms with Gasteiger partial charge < -0.3 is 15.2 Å². The van der Waals surface area contributed by atoms with E-state index in [2.05, 4.69) is 20.2 Å². The van der Waals surface area contributed by atoms with Gasteiger partial charge in [-0.15, -0.1) is 0 Å². The van der Waals surface area contributed by atoms with Gasteiger partial charge in [-0.25, -0.2) is 4.98 Å². The van der Waals surface area contributed by atoms with Crippen LogP contribution in [0.25, 0.3) is 22.2 Å². The highest BCUT2D eigenvalue weighted by molar-refractivity contribution is 6.05. The van der Waals surface area contributed by atoms with Gasteiger partial charge in [0.05, 0.1) is 22.9 Å². The summed E-state index contributed by atoms with van der Waals surface area (Å²) < 4.78 is 41.8. The number of carbonyl (C=O) groups excluding carboxylic acids is 1. The maximum atomic E-state index is 13.9. The first-order chi connectivity index (χ1) is 17.7. The molecule has 0 saturated carbocycles. The molecule has 2 heterocycles. The molecule has 0 aliphatic carbocycles. The summed E-state index contributed by atoms with van der Waals surface area (Å²) in [5, 5.41) is 2.66. The van der Waals surface area contributed by atoms with Gasteiger partial charge in [0.15, 0.2) is 0 Å². The molecule has 0 unspecified atom stereocenters. The molecule has 1 aliphatic rings. The van der Waals surface area contributed by atoms with Crippen molar-refractivity contribution in [2.45, 2.75) is 19.6 Å². The summed E-state index contributed by atoms with van der Waals surface area (Å²) in [7, 11) is 2.00. The third kappa shape index (κ3) is 5.52. The summed E-state index contributed by atoms with van der Waals surface area (Å²) in [6.45, 7) is 5.25. The van der Waals surface area contributed by atoms with E-state index < -0.39 is 17.6 Å². The molecule has 1 aliphatic heterocycles. The molecule has 5 rings (SSSR count). The molecule has 9 heteroatoms. The van der Waals surface area contributed by atoms with Crippen LogP contribution in [0.3, 0.4) is 0 Å². The Morgan fingerprint density at radius 1 is 1.03 bits per heavy atom. The van der Waals surface area contributed by atoms with Crippen molar-refractivity contribution in [3.8, 4) is 11.1 Å². The van der Waals surface area contributed by atoms with E-state index in [0.717, 1.165) is 60.0 Å². The minimum Gasteiger partial charge on any atom is -0.345 e. The summed E-state index contributed by atoms with van der Waals surface area (Å²) in [5.74, 6) is -0.469. The average molecular weight is 508 g/mol. The van der Waals surface area contributed by atoms with Crippen LogP contribution in [-0.2, 0) is 12.7 Å². The number of anilines is 1. The summed E-state index contributed by atoms with van der Waals surface area (Å²) in [4.78, 5) is 24.5. The smallest absolute Gasteiger partial charge is 0.345 e. The first-order valence-electron chi connectivity index (χ1n) is 12.1. The molecule has 4 aromatic rings. The second-order valence-corrected chi connectivity index (χ2v) is 9.57. The average Bonchev–Trinajstić information content (AvgIpc) is 3.34. The zero-order valence-corrected chi connectivity index (χ0v) is 20.7. The number of fused-ring (bicyclic) bond motifs is 1. The number of benzene rings is 3. The van der Waals surface area contributed by atoms with Gasteiger partial charge in [-0.1, -0.05) is 18.2 Å². The number of carbonyl (C=O) groups is 1. The Hall–Kier alpha value is -3.69. The monoisotopic (exact) mass is 507 g/mol. The molecule has 37 heavy (non-hydrogen) atoms. The Morgan fingerprint density at radius 3 is 2.57 bits per heavy atom. The number of piperazine rings is 1. The normalized spacial score (nSPS) is 15.3. The van der Waals surface area contributed by atoms with Gasteiger partial charge in [0.2, 0.25) is 0 Å². The number of aryl methyl sites for hydroxylation is 1. The third-order valence-corrected chi connectivity index (χ3v) is 6.89. The lowest BCUT2D eigenvalue weighted by molar-refractivity contribution is -0.138. The van der Waals surface area contributed by atoms with Gasteiger partial charge in [0, 0.05) is 44.0 Å². The van der Waals surface area contributed by atoms with Crippen molar-refractivity contribution >= 4 is 22.6 Å². The minimum absolute atomic E-state index is 0.112. The molecule has 1 amide bonds. The van der Waals surface area contributed by atoms with Crippen molar-refractivity contribution in [3.05, 3.63) is 83.2 Å². The van der Waals surface area contributed by atoms with E-state index in [1.807, 2.05) is 43.1 Å². The van der Waals surface area contributed by atoms with Crippen LogP contribution >= 0.6 is 0 Å². The Bertz CT molecular complexity index is 1440. The molecular formula is C28H28F3N5O. The number of hydrogen-bond donors (Lipinski definition) is 2. The largest absolute Gasteiger partial charge is 0.416 e. The van der Waals surface area contributed by atoms with E-state index in [4.69, 9.17) is 0 Å². The number of likely N-dealkylation sites (N-methyl/N-ethyl adjacent to an activating group) is 1. The van der Waals surface area contributed by atoms with E-state index in [-0.39, 0.29) is 17.8 Å². The van der Waals surface area contributed by atoms with Crippen molar-refractivity contribution in [2.24, 2.45) is 0 Å². The zero-order valence-electron chi connectivity index (χ0n) is 20.7. The Kier molecular flexibility index (Phi) is 6.74. The molecule has 2 N–H and O–H groups in total. The number of H-pyrrole nitrogens is 1. The summed E-state index contributed by atoms with van der Waals surface area (Å²) in [5.41, 5.74) is 4.43. The second-order valence-electron chi connectivity index (χ2n) is 9.57. The van der Waals surface area contributed by atoms with Crippen molar-refractivity contribution in [2.75, 3.05) is 38.5 Å². The highest BCUT2D eigenvalue weighted by Crippen LogP contribution is 2.35. The zero-order chi connectivity index (χ0) is 26.2. The van der Waals surface area contributed by atoms with Crippen molar-refractivity contribution in [3.63, 3.8) is 0 Å². The number of aromatic amines is 1. The number of nitrogens with one attached hydrogen (secondary N) is 2. The molecule has 192 valence electrons. The maximum Gasteiger partial charge on any atom is 0.416 e. The maximum absolute atomic E-state index is 13.9. The number of halogens is 3. The summed E-state index contributed by atoms with van der Waals surface area (Å²) in [6, 6.07) is 15.1. The van der Waals surface area contributed by atoms with E-state index in [1.54, 1.807) is 24.5 Å². The number of alkyl halides is 3. The Labute approximate surface area is 213 Å². The van der Waals surface area contributed by atoms with E-state index in [0.29, 0.717) is 5.56 Å². The van der Waals surface area contributed by atoms with Gasteiger partial charge in [-0.05, 0) is 72.6 Å². The molecule has 0 bridgehead atoms. The van der Waals surface area contributed by atoms with Crippen LogP contribution in [0.5, 0.6) is 0 Å². The molecule has 0 atom stereocenters. The highest BCUT2D eigenvalue weighted by Gasteiger charge is 2.34. The lowest BCUT2D eigenvalue weighted by Crippen LogP contribution is -2.44. The molecule has 1 aromatic heterocycles. The number of aromatic nitrogens is 2. The number of hydrogen-bond acceptors (Lipinski definition) is 4. The fourth-order valence-corrected chi connectivity index (χ4v) is 4.68. The van der Waals surface area contributed by atoms with Gasteiger partial charge in [0.1, 0.15) is 0 Å². The number of rotatable bonds is 5. The van der Waals surface area contributed by atoms with E-state index in [9.17, 15) is 18.0 Å². The summed E-state index contributed by atoms with van der Waals surface area (Å²) in [6.07, 6.45) is -2.90. The fourth-order valence-electron chi connectivity index (χ4n) is 4.68. The Balaban J connectivity index is 1.38. The number of amides is 1. The first-order valence-corrected chi connectivity index (χ1v) is 12.1. The van der Waals surface area contributed by atoms with Crippen molar-refractivity contribution in [1.82, 2.24) is 19.8 Å². The van der Waals surface area contributed by atoms with E-state index in [1.165, 1.54) is 6.07 Å². The molecule has 0 radical (unpaired) electrons. The van der Waals surface area contributed by atoms with E-state index >= 15 is 0 Å². The lowest BCUT2D eigenvalue weighted by Gasteiger charge is -2.33. The molecule has 6 nitrogen and oxygen atoms in total. The number of nitrogens with zero attached hydrogens (tertiary/aromatic N) is 3. The molecular weight excluding hydrogens is 479 g/mol. The van der Waals surface area contributed by atoms with Gasteiger partial charge in [-0.2, -0.15) is 13.2 Å². The summed E-state index contributed by atoms with van der Waals surface area (Å²) >= 11 is 0. The molecule has 0 spiro atoms. The second kappa shape index (κ2) is 9.99. The van der Waals surface area contributed by atoms with Crippen molar-refractivity contribution in [1.29, 1.82) is 0 Å². The standard InChI is InChI=1S/C28H28F3N5O/c1-18-3-4-20(13-23(18)19-6-8-25-26(14-19)33-17-32-25)27(37)34-22-7-5-21(24(15-22)28(29,30)31)16-36-11-9-35(2)10-12-36/h3-8,13-15,17H,9-12,16H2,1-2H3,(H,32,33)(H,34,37). The van der Waals surface area contributed by atoms with Crippen LogP contribution in [0.4, 0.5) is 18.9 Å². The van der Waals surface area contributed by atoms with Gasteiger partial charge >= 0.3 is 6.18 Å². The molecule has 1 saturated heterocycles. The predicted molar refractivity (Wildman–Crippen MR) is 138 cm³/mol. The Morgan fingerprint density at radius 2 is 1.81 bits per heavy atom. The lowest BCUT2D eigenvalue weighted by atomic mass is 9.97. The topological polar surface area (TPSA) is 64.3 Å². The van der Waals surface area contributed by atoms with Crippen LogP contribution in [0.1, 0.15) is 27.0 Å². The predicted octanol–water partition coefficient (Wildman–Crippen LogP) is 5.56. The fraction of sp³-hybridized carbons (Fsp3) is 0.286. The van der Waals surface area contributed by atoms with Gasteiger partial charge in [0.25, 0.3) is 5.91 Å². The molecule has 3 aromatic carbocycles. The SMILES string of the molecule is Cc1ccc(C(=O)Nc2ccc(CN3CCN(C)CC3)c(C(F)(F)F)c2)cc1-c1ccc2nc[nH]c2c1. The van der Waals surface area contributed by atoms with Crippen LogP contribution in [0.2, 0.25) is 0 Å².